The molecule has 0 bridgehead atoms. The van der Waals surface area contributed by atoms with Crippen molar-refractivity contribution in [1.82, 2.24) is 20.4 Å². The van der Waals surface area contributed by atoms with Gasteiger partial charge in [0.1, 0.15) is 11.6 Å². The van der Waals surface area contributed by atoms with Crippen molar-refractivity contribution in [3.05, 3.63) is 95.6 Å². The third-order valence-corrected chi connectivity index (χ3v) is 5.94. The summed E-state index contributed by atoms with van der Waals surface area (Å²) in [5.74, 6) is -1.39. The van der Waals surface area contributed by atoms with Crippen molar-refractivity contribution in [2.45, 2.75) is 18.9 Å². The standard InChI is InChI=1S/C27H24F2N6O/c1-35-15-19(14-32-35)16-2-7-26(31-13-16)24(12-30)18-8-17(23-6-3-20(28)11-25(23)29)9-22(10-18)34-27(36)33-21-4-5-21/h2-3,6-15,21,30-31H,4-5H2,1H3,(H2,33,34,36)/b26-24+,30-12?. The monoisotopic (exact) mass is 486 g/mol. The zero-order valence-corrected chi connectivity index (χ0v) is 19.5. The van der Waals surface area contributed by atoms with E-state index in [4.69, 9.17) is 5.41 Å². The van der Waals surface area contributed by atoms with Crippen LogP contribution in [0.1, 0.15) is 24.0 Å². The highest BCUT2D eigenvalue weighted by molar-refractivity contribution is 6.11. The summed E-state index contributed by atoms with van der Waals surface area (Å²) in [7, 11) is 1.84. The highest BCUT2D eigenvalue weighted by Crippen LogP contribution is 2.32. The molecular formula is C27H24F2N6O. The number of rotatable bonds is 6. The Hall–Kier alpha value is -4.53. The van der Waals surface area contributed by atoms with Crippen LogP contribution in [-0.2, 0) is 7.05 Å². The van der Waals surface area contributed by atoms with Gasteiger partial charge in [0.15, 0.2) is 0 Å². The Morgan fingerprint density at radius 2 is 2.00 bits per heavy atom. The van der Waals surface area contributed by atoms with Crippen LogP contribution in [0.4, 0.5) is 19.3 Å². The van der Waals surface area contributed by atoms with Gasteiger partial charge in [-0.3, -0.25) is 4.68 Å². The number of anilines is 1. The van der Waals surface area contributed by atoms with Crippen LogP contribution in [0.5, 0.6) is 0 Å². The molecule has 2 amide bonds. The van der Waals surface area contributed by atoms with Crippen molar-refractivity contribution in [3.8, 4) is 11.1 Å². The normalized spacial score (nSPS) is 16.1. The van der Waals surface area contributed by atoms with Gasteiger partial charge in [-0.2, -0.15) is 5.10 Å². The molecule has 1 aromatic heterocycles. The van der Waals surface area contributed by atoms with E-state index < -0.39 is 11.6 Å². The zero-order chi connectivity index (χ0) is 25.2. The fourth-order valence-corrected chi connectivity index (χ4v) is 3.97. The van der Waals surface area contributed by atoms with Crippen LogP contribution in [0.2, 0.25) is 0 Å². The average molecular weight is 487 g/mol. The number of carbonyl (C=O) groups is 1. The van der Waals surface area contributed by atoms with Crippen LogP contribution >= 0.6 is 0 Å². The lowest BCUT2D eigenvalue weighted by Gasteiger charge is -2.17. The van der Waals surface area contributed by atoms with Gasteiger partial charge in [0.2, 0.25) is 0 Å². The topological polar surface area (TPSA) is 94.8 Å². The molecule has 0 unspecified atom stereocenters. The van der Waals surface area contributed by atoms with Crippen LogP contribution in [0, 0.1) is 17.0 Å². The minimum atomic E-state index is -0.718. The van der Waals surface area contributed by atoms with Crippen molar-refractivity contribution < 1.29 is 13.6 Å². The number of aryl methyl sites for hydroxylation is 1. The SMILES string of the molecule is Cn1cc(C2=CN/C(=C(\C=N)c3cc(NC(=O)NC4CC4)cc(-c4ccc(F)cc4F)c3)C=C2)cn1. The molecule has 0 radical (unpaired) electrons. The Morgan fingerprint density at radius 1 is 1.17 bits per heavy atom. The number of hydrogen-bond donors (Lipinski definition) is 4. The first kappa shape index (κ1) is 23.2. The van der Waals surface area contributed by atoms with Gasteiger partial charge in [-0.25, -0.2) is 13.6 Å². The van der Waals surface area contributed by atoms with Crippen LogP contribution < -0.4 is 16.0 Å². The molecule has 9 heteroatoms. The van der Waals surface area contributed by atoms with Gasteiger partial charge in [0, 0.05) is 71.4 Å². The van der Waals surface area contributed by atoms with Crippen molar-refractivity contribution in [3.63, 3.8) is 0 Å². The molecule has 1 aliphatic heterocycles. The number of hydrogen-bond acceptors (Lipinski definition) is 4. The molecule has 2 aliphatic rings. The molecule has 1 saturated carbocycles. The lowest BCUT2D eigenvalue weighted by atomic mass is 9.96. The Balaban J connectivity index is 1.53. The molecule has 1 fully saturated rings. The number of allylic oxidation sites excluding steroid dienone is 4. The largest absolute Gasteiger partial charge is 0.361 e. The van der Waals surface area contributed by atoms with Gasteiger partial charge in [-0.15, -0.1) is 0 Å². The van der Waals surface area contributed by atoms with Crippen molar-refractivity contribution in [2.75, 3.05) is 5.32 Å². The number of aromatic nitrogens is 2. The van der Waals surface area contributed by atoms with Crippen molar-refractivity contribution >= 4 is 29.1 Å². The first-order valence-electron chi connectivity index (χ1n) is 11.5. The Labute approximate surface area is 206 Å². The van der Waals surface area contributed by atoms with E-state index in [9.17, 15) is 13.6 Å². The summed E-state index contributed by atoms with van der Waals surface area (Å²) in [5, 5.41) is 21.2. The van der Waals surface area contributed by atoms with E-state index >= 15 is 0 Å². The molecule has 3 aromatic rings. The summed E-state index contributed by atoms with van der Waals surface area (Å²) >= 11 is 0. The summed E-state index contributed by atoms with van der Waals surface area (Å²) in [4.78, 5) is 12.4. The van der Waals surface area contributed by atoms with E-state index in [1.54, 1.807) is 29.1 Å². The van der Waals surface area contributed by atoms with Gasteiger partial charge in [0.25, 0.3) is 0 Å². The first-order valence-corrected chi connectivity index (χ1v) is 11.5. The zero-order valence-electron chi connectivity index (χ0n) is 19.5. The maximum Gasteiger partial charge on any atom is 0.319 e. The predicted octanol–water partition coefficient (Wildman–Crippen LogP) is 5.21. The predicted molar refractivity (Wildman–Crippen MR) is 136 cm³/mol. The molecular weight excluding hydrogens is 462 g/mol. The molecule has 182 valence electrons. The maximum atomic E-state index is 14.7. The number of urea groups is 1. The number of benzene rings is 2. The number of halogens is 2. The summed E-state index contributed by atoms with van der Waals surface area (Å²) in [6, 6.07) is 8.23. The molecule has 7 nitrogen and oxygen atoms in total. The van der Waals surface area contributed by atoms with Crippen molar-refractivity contribution in [1.29, 1.82) is 5.41 Å². The fraction of sp³-hybridized carbons (Fsp3) is 0.148. The first-order chi connectivity index (χ1) is 17.4. The second-order valence-electron chi connectivity index (χ2n) is 8.75. The lowest BCUT2D eigenvalue weighted by Crippen LogP contribution is -2.30. The Morgan fingerprint density at radius 3 is 2.64 bits per heavy atom. The molecule has 0 saturated heterocycles. The van der Waals surface area contributed by atoms with Gasteiger partial charge in [0.05, 0.1) is 6.20 Å². The van der Waals surface area contributed by atoms with Gasteiger partial charge in [-0.1, -0.05) is 6.08 Å². The summed E-state index contributed by atoms with van der Waals surface area (Å²) in [6.07, 6.45) is 12.3. The molecule has 2 aromatic carbocycles. The van der Waals surface area contributed by atoms with Gasteiger partial charge in [-0.05, 0) is 60.4 Å². The lowest BCUT2D eigenvalue weighted by molar-refractivity contribution is 0.251. The van der Waals surface area contributed by atoms with E-state index in [0.717, 1.165) is 30.0 Å². The second-order valence-corrected chi connectivity index (χ2v) is 8.75. The minimum absolute atomic E-state index is 0.166. The van der Waals surface area contributed by atoms with E-state index in [0.29, 0.717) is 28.1 Å². The molecule has 36 heavy (non-hydrogen) atoms. The third kappa shape index (κ3) is 5.10. The van der Waals surface area contributed by atoms with Crippen LogP contribution in [0.15, 0.2) is 72.8 Å². The van der Waals surface area contributed by atoms with E-state index in [1.807, 2.05) is 31.6 Å². The summed E-state index contributed by atoms with van der Waals surface area (Å²) in [5.41, 5.74) is 4.69. The Kier molecular flexibility index (Phi) is 6.20. The van der Waals surface area contributed by atoms with Gasteiger partial charge < -0.3 is 21.4 Å². The molecule has 2 heterocycles. The molecule has 4 N–H and O–H groups in total. The number of nitrogens with one attached hydrogen (secondary N) is 4. The number of nitrogens with zero attached hydrogens (tertiary/aromatic N) is 2. The quantitative estimate of drug-likeness (QED) is 0.360. The molecule has 0 spiro atoms. The van der Waals surface area contributed by atoms with Crippen LogP contribution in [0.25, 0.3) is 22.3 Å². The minimum Gasteiger partial charge on any atom is -0.361 e. The highest BCUT2D eigenvalue weighted by atomic mass is 19.1. The van der Waals surface area contributed by atoms with E-state index in [-0.39, 0.29) is 17.6 Å². The highest BCUT2D eigenvalue weighted by Gasteiger charge is 2.23. The Bertz CT molecular complexity index is 1450. The van der Waals surface area contributed by atoms with E-state index in [2.05, 4.69) is 21.0 Å². The molecule has 5 rings (SSSR count). The van der Waals surface area contributed by atoms with Crippen LogP contribution in [-0.4, -0.2) is 28.1 Å². The molecule has 0 atom stereocenters. The fourth-order valence-electron chi connectivity index (χ4n) is 3.97. The van der Waals surface area contributed by atoms with Crippen LogP contribution in [0.3, 0.4) is 0 Å². The number of dihydropyridines is 1. The van der Waals surface area contributed by atoms with Crippen molar-refractivity contribution in [2.24, 2.45) is 7.05 Å². The summed E-state index contributed by atoms with van der Waals surface area (Å²) < 4.78 is 29.9. The average Bonchev–Trinajstić information content (AvgIpc) is 3.55. The summed E-state index contributed by atoms with van der Waals surface area (Å²) in [6.45, 7) is 0. The second kappa shape index (κ2) is 9.61. The smallest absolute Gasteiger partial charge is 0.319 e. The number of amides is 2. The van der Waals surface area contributed by atoms with E-state index in [1.165, 1.54) is 18.3 Å². The third-order valence-electron chi connectivity index (χ3n) is 5.94. The number of carbonyl (C=O) groups excluding carboxylic acids is 1. The van der Waals surface area contributed by atoms with Gasteiger partial charge >= 0.3 is 6.03 Å². The molecule has 1 aliphatic carbocycles. The maximum absolute atomic E-state index is 14.7.